The van der Waals surface area contributed by atoms with Crippen LogP contribution in [0.1, 0.15) is 45.1 Å². The monoisotopic (exact) mass is 479 g/mol. The third-order valence-electron chi connectivity index (χ3n) is 4.80. The summed E-state index contributed by atoms with van der Waals surface area (Å²) in [5.41, 5.74) is 6.86. The van der Waals surface area contributed by atoms with Crippen molar-refractivity contribution in [1.29, 1.82) is 0 Å². The lowest BCUT2D eigenvalue weighted by molar-refractivity contribution is 0.199. The van der Waals surface area contributed by atoms with Crippen molar-refractivity contribution in [2.75, 3.05) is 13.2 Å². The topological polar surface area (TPSA) is 98.8 Å². The molecule has 1 unspecified atom stereocenters. The normalized spacial score (nSPS) is 13.2. The van der Waals surface area contributed by atoms with Crippen molar-refractivity contribution in [2.24, 2.45) is 5.73 Å². The summed E-state index contributed by atoms with van der Waals surface area (Å²) in [5, 5.41) is 0. The second-order valence-corrected chi connectivity index (χ2v) is 9.18. The van der Waals surface area contributed by atoms with E-state index in [4.69, 9.17) is 19.8 Å². The predicted octanol–water partition coefficient (Wildman–Crippen LogP) is 4.57. The summed E-state index contributed by atoms with van der Waals surface area (Å²) in [6.07, 6.45) is 1.86. The molecule has 11 heteroatoms. The third-order valence-corrected chi connectivity index (χ3v) is 5.67. The molecule has 2 aromatic rings. The first-order chi connectivity index (χ1) is 14.8. The van der Waals surface area contributed by atoms with Gasteiger partial charge in [-0.1, -0.05) is 25.5 Å². The quantitative estimate of drug-likeness (QED) is 0.224. The molecule has 1 atom stereocenters. The van der Waals surface area contributed by atoms with Crippen molar-refractivity contribution in [3.8, 4) is 11.5 Å². The molecule has 0 saturated carbocycles. The van der Waals surface area contributed by atoms with Gasteiger partial charge in [0.2, 0.25) is 11.6 Å². The molecule has 32 heavy (non-hydrogen) atoms. The minimum absolute atomic E-state index is 0.131. The average Bonchev–Trinajstić information content (AvgIpc) is 2.69. The van der Waals surface area contributed by atoms with Crippen molar-refractivity contribution in [1.82, 2.24) is 0 Å². The van der Waals surface area contributed by atoms with Gasteiger partial charge in [0.05, 0.1) is 0 Å². The van der Waals surface area contributed by atoms with Crippen LogP contribution in [-0.4, -0.2) is 31.7 Å². The van der Waals surface area contributed by atoms with Crippen LogP contribution in [0.2, 0.25) is 0 Å². The molecule has 0 saturated heterocycles. The Labute approximate surface area is 184 Å². The van der Waals surface area contributed by atoms with Gasteiger partial charge in [0.1, 0.15) is 19.0 Å². The Kier molecular flexibility index (Phi) is 8.13. The van der Waals surface area contributed by atoms with Crippen molar-refractivity contribution >= 4 is 10.1 Å². The minimum Gasteiger partial charge on any atom is -0.490 e. The molecule has 6 nitrogen and oxygen atoms in total. The molecule has 0 bridgehead atoms. The molecule has 2 aromatic carbocycles. The van der Waals surface area contributed by atoms with E-state index in [2.05, 4.69) is 6.92 Å². The van der Waals surface area contributed by atoms with Crippen molar-refractivity contribution in [3.63, 3.8) is 0 Å². The highest BCUT2D eigenvalue weighted by molar-refractivity contribution is 7.85. The Morgan fingerprint density at radius 3 is 1.91 bits per heavy atom. The molecular formula is C21H25F4NO5S. The van der Waals surface area contributed by atoms with Gasteiger partial charge in [-0.3, -0.25) is 4.55 Å². The van der Waals surface area contributed by atoms with E-state index in [0.717, 1.165) is 18.4 Å². The average molecular weight is 479 g/mol. The summed E-state index contributed by atoms with van der Waals surface area (Å²) >= 11 is 0. The lowest BCUT2D eigenvalue weighted by Crippen LogP contribution is -2.39. The summed E-state index contributed by atoms with van der Waals surface area (Å²) < 4.78 is 96.1. The van der Waals surface area contributed by atoms with E-state index in [0.29, 0.717) is 5.75 Å². The molecule has 2 rings (SSSR count). The zero-order valence-corrected chi connectivity index (χ0v) is 18.6. The molecular weight excluding hydrogens is 454 g/mol. The summed E-state index contributed by atoms with van der Waals surface area (Å²) in [4.78, 5) is -2.13. The molecule has 0 aliphatic heterocycles. The third kappa shape index (κ3) is 5.90. The van der Waals surface area contributed by atoms with Gasteiger partial charge in [0.15, 0.2) is 22.3 Å². The van der Waals surface area contributed by atoms with Crippen LogP contribution in [0.25, 0.3) is 0 Å². The highest BCUT2D eigenvalue weighted by Crippen LogP contribution is 2.33. The number of nitrogens with two attached hydrogens (primary N) is 1. The lowest BCUT2D eigenvalue weighted by atomic mass is 9.80. The number of hydrogen-bond donors (Lipinski definition) is 2. The van der Waals surface area contributed by atoms with Gasteiger partial charge < -0.3 is 15.2 Å². The number of ether oxygens (including phenoxy) is 2. The highest BCUT2D eigenvalue weighted by Gasteiger charge is 2.33. The first kappa shape index (κ1) is 25.9. The van der Waals surface area contributed by atoms with E-state index in [1.807, 2.05) is 26.0 Å². The van der Waals surface area contributed by atoms with Gasteiger partial charge in [-0.2, -0.15) is 17.2 Å². The van der Waals surface area contributed by atoms with Gasteiger partial charge >= 0.3 is 10.1 Å². The molecule has 178 valence electrons. The molecule has 0 fully saturated rings. The maximum absolute atomic E-state index is 13.9. The number of rotatable bonds is 10. The molecule has 0 radical (unpaired) electrons. The molecule has 3 N–H and O–H groups in total. The Morgan fingerprint density at radius 2 is 1.47 bits per heavy atom. The van der Waals surface area contributed by atoms with Crippen LogP contribution in [0, 0.1) is 23.3 Å². The fourth-order valence-corrected chi connectivity index (χ4v) is 3.93. The fourth-order valence-electron chi connectivity index (χ4n) is 3.30. The van der Waals surface area contributed by atoms with Crippen LogP contribution >= 0.6 is 0 Å². The standard InChI is InChI=1S/C21H25F4NO5S/c1-4-5-14(21(2,3)26)12-6-8-13(9-7-12)30-10-11-31-19-15(22)17(24)20(32(27,28)29)18(25)16(19)23/h6-9,14H,4-5,10-11,26H2,1-3H3,(H,27,28,29). The van der Waals surface area contributed by atoms with E-state index in [1.165, 1.54) is 0 Å². The zero-order valence-electron chi connectivity index (χ0n) is 17.8. The second-order valence-electron chi connectivity index (χ2n) is 7.82. The van der Waals surface area contributed by atoms with Gasteiger partial charge in [-0.15, -0.1) is 0 Å². The summed E-state index contributed by atoms with van der Waals surface area (Å²) in [6.45, 7) is 5.22. The van der Waals surface area contributed by atoms with Gasteiger partial charge in [0.25, 0.3) is 0 Å². The smallest absolute Gasteiger partial charge is 0.300 e. The first-order valence-electron chi connectivity index (χ1n) is 9.76. The number of halogens is 4. The molecule has 0 aromatic heterocycles. The Hall–Kier alpha value is -2.37. The molecule has 0 heterocycles. The minimum atomic E-state index is -5.53. The van der Waals surface area contributed by atoms with Crippen LogP contribution in [0.3, 0.4) is 0 Å². The van der Waals surface area contributed by atoms with Crippen LogP contribution in [0.15, 0.2) is 29.2 Å². The van der Waals surface area contributed by atoms with Gasteiger partial charge in [-0.05, 0) is 38.0 Å². The van der Waals surface area contributed by atoms with E-state index in [9.17, 15) is 26.0 Å². The largest absolute Gasteiger partial charge is 0.490 e. The van der Waals surface area contributed by atoms with Crippen LogP contribution in [0.5, 0.6) is 11.5 Å². The van der Waals surface area contributed by atoms with Crippen LogP contribution in [0.4, 0.5) is 17.6 Å². The van der Waals surface area contributed by atoms with Crippen LogP contribution in [-0.2, 0) is 10.1 Å². The predicted molar refractivity (Wildman–Crippen MR) is 109 cm³/mol. The second kappa shape index (κ2) is 10.1. The number of hydrogen-bond acceptors (Lipinski definition) is 5. The Bertz CT molecular complexity index is 1020. The summed E-state index contributed by atoms with van der Waals surface area (Å²) in [5.74, 6) is -9.67. The fraction of sp³-hybridized carbons (Fsp3) is 0.429. The molecule has 0 spiro atoms. The van der Waals surface area contributed by atoms with E-state index >= 15 is 0 Å². The Morgan fingerprint density at radius 1 is 0.969 bits per heavy atom. The van der Waals surface area contributed by atoms with Crippen molar-refractivity contribution in [3.05, 3.63) is 53.1 Å². The van der Waals surface area contributed by atoms with E-state index in [-0.39, 0.29) is 12.5 Å². The maximum Gasteiger partial charge on any atom is 0.300 e. The molecule has 0 aliphatic rings. The molecule has 0 aliphatic carbocycles. The SMILES string of the molecule is CCCC(c1ccc(OCCOc2c(F)c(F)c(S(=O)(=O)O)c(F)c2F)cc1)C(C)(C)N. The van der Waals surface area contributed by atoms with E-state index < -0.39 is 56.2 Å². The maximum atomic E-state index is 13.9. The van der Waals surface area contributed by atoms with Gasteiger partial charge in [0, 0.05) is 11.5 Å². The lowest BCUT2D eigenvalue weighted by Gasteiger charge is -2.31. The zero-order chi connectivity index (χ0) is 24.3. The highest BCUT2D eigenvalue weighted by atomic mass is 32.2. The van der Waals surface area contributed by atoms with Crippen LogP contribution < -0.4 is 15.2 Å². The Balaban J connectivity index is 2.05. The first-order valence-corrected chi connectivity index (χ1v) is 11.2. The van der Waals surface area contributed by atoms with Crippen molar-refractivity contribution < 1.29 is 40.0 Å². The van der Waals surface area contributed by atoms with Gasteiger partial charge in [-0.25, -0.2) is 8.78 Å². The summed E-state index contributed by atoms with van der Waals surface area (Å²) in [6, 6.07) is 7.07. The van der Waals surface area contributed by atoms with E-state index in [1.54, 1.807) is 12.1 Å². The number of benzene rings is 2. The van der Waals surface area contributed by atoms with Crippen molar-refractivity contribution in [2.45, 2.75) is 50.0 Å². The molecule has 0 amide bonds. The summed E-state index contributed by atoms with van der Waals surface area (Å²) in [7, 11) is -5.53.